The van der Waals surface area contributed by atoms with E-state index in [4.69, 9.17) is 5.11 Å². The summed E-state index contributed by atoms with van der Waals surface area (Å²) in [6.07, 6.45) is 1.73. The topological polar surface area (TPSA) is 101 Å². The zero-order valence-electron chi connectivity index (χ0n) is 10.8. The van der Waals surface area contributed by atoms with Crippen LogP contribution in [0.3, 0.4) is 0 Å². The number of carbonyl (C=O) groups excluding carboxylic acids is 1. The molecule has 8 nitrogen and oxygen atoms in total. The fourth-order valence-electron chi connectivity index (χ4n) is 1.83. The maximum atomic E-state index is 11.7. The molecule has 19 heavy (non-hydrogen) atoms. The molecule has 0 aromatic carbocycles. The second kappa shape index (κ2) is 5.17. The van der Waals surface area contributed by atoms with Gasteiger partial charge in [-0.3, -0.25) is 4.79 Å². The molecule has 1 aromatic heterocycles. The normalized spacial score (nSPS) is 15.8. The van der Waals surface area contributed by atoms with Crippen LogP contribution in [0, 0.1) is 0 Å². The Morgan fingerprint density at radius 1 is 1.47 bits per heavy atom. The molecule has 0 atom stereocenters. The molecule has 0 unspecified atom stereocenters. The fourth-order valence-corrected chi connectivity index (χ4v) is 1.83. The van der Waals surface area contributed by atoms with Crippen LogP contribution < -0.4 is 0 Å². The average Bonchev–Trinajstić information content (AvgIpc) is 2.80. The van der Waals surface area contributed by atoms with Crippen LogP contribution in [-0.2, 0) is 16.1 Å². The number of hydrogen-bond donors (Lipinski definition) is 1. The highest BCUT2D eigenvalue weighted by Crippen LogP contribution is 2.14. The minimum Gasteiger partial charge on any atom is -0.477 e. The Morgan fingerprint density at radius 3 is 2.84 bits per heavy atom. The molecular formula is C11H15N5O3. The number of hydrazone groups is 1. The maximum absolute atomic E-state index is 11.7. The summed E-state index contributed by atoms with van der Waals surface area (Å²) >= 11 is 0. The van der Waals surface area contributed by atoms with Crippen molar-refractivity contribution in [3.05, 3.63) is 12.2 Å². The number of aliphatic carboxylic acids is 1. The fraction of sp³-hybridized carbons (Fsp3) is 0.545. The van der Waals surface area contributed by atoms with E-state index in [9.17, 15) is 9.59 Å². The molecule has 0 saturated heterocycles. The first-order chi connectivity index (χ1) is 8.99. The first-order valence-corrected chi connectivity index (χ1v) is 5.98. The molecule has 0 saturated carbocycles. The molecule has 1 aliphatic rings. The van der Waals surface area contributed by atoms with Gasteiger partial charge in [0.2, 0.25) is 5.91 Å². The van der Waals surface area contributed by atoms with Crippen molar-refractivity contribution >= 4 is 17.6 Å². The van der Waals surface area contributed by atoms with E-state index < -0.39 is 5.97 Å². The lowest BCUT2D eigenvalue weighted by Gasteiger charge is -2.22. The van der Waals surface area contributed by atoms with E-state index in [-0.39, 0.29) is 37.0 Å². The van der Waals surface area contributed by atoms with Gasteiger partial charge in [-0.05, 0) is 13.8 Å². The molecule has 1 amide bonds. The monoisotopic (exact) mass is 265 g/mol. The van der Waals surface area contributed by atoms with Crippen molar-refractivity contribution in [3.63, 3.8) is 0 Å². The first-order valence-electron chi connectivity index (χ1n) is 5.98. The second-order valence-corrected chi connectivity index (χ2v) is 4.52. The molecule has 0 fully saturated rings. The van der Waals surface area contributed by atoms with Crippen molar-refractivity contribution in [1.29, 1.82) is 0 Å². The second-order valence-electron chi connectivity index (χ2n) is 4.52. The van der Waals surface area contributed by atoms with Gasteiger partial charge in [0.1, 0.15) is 24.4 Å². The standard InChI is InChI=1S/C11H15N5O3/c1-7(2)16-9(12-6-13-16)5-15-10(17)4-3-8(14-15)11(18)19/h6-7H,3-5H2,1-2H3,(H,18,19). The van der Waals surface area contributed by atoms with Gasteiger partial charge in [-0.1, -0.05) is 0 Å². The summed E-state index contributed by atoms with van der Waals surface area (Å²) in [5, 5.41) is 18.0. The average molecular weight is 265 g/mol. The molecule has 1 aromatic rings. The summed E-state index contributed by atoms with van der Waals surface area (Å²) in [6.45, 7) is 4.03. The van der Waals surface area contributed by atoms with Crippen molar-refractivity contribution in [2.75, 3.05) is 0 Å². The number of hydrogen-bond acceptors (Lipinski definition) is 5. The van der Waals surface area contributed by atoms with Gasteiger partial charge in [-0.25, -0.2) is 19.5 Å². The van der Waals surface area contributed by atoms with Gasteiger partial charge in [0.25, 0.3) is 0 Å². The van der Waals surface area contributed by atoms with Crippen LogP contribution >= 0.6 is 0 Å². The largest absolute Gasteiger partial charge is 0.477 e. The molecule has 1 N–H and O–H groups in total. The first kappa shape index (κ1) is 13.2. The van der Waals surface area contributed by atoms with Gasteiger partial charge in [0, 0.05) is 18.9 Å². The summed E-state index contributed by atoms with van der Waals surface area (Å²) in [7, 11) is 0. The van der Waals surface area contributed by atoms with Crippen LogP contribution in [0.15, 0.2) is 11.4 Å². The molecule has 0 bridgehead atoms. The predicted octanol–water partition coefficient (Wildman–Crippen LogP) is 0.422. The third-order valence-electron chi connectivity index (χ3n) is 2.78. The van der Waals surface area contributed by atoms with Crippen LogP contribution in [0.1, 0.15) is 38.6 Å². The van der Waals surface area contributed by atoms with Gasteiger partial charge >= 0.3 is 5.97 Å². The number of aromatic nitrogens is 3. The van der Waals surface area contributed by atoms with E-state index in [2.05, 4.69) is 15.2 Å². The number of amides is 1. The molecule has 2 heterocycles. The third kappa shape index (κ3) is 2.78. The van der Waals surface area contributed by atoms with Crippen molar-refractivity contribution in [2.24, 2.45) is 5.10 Å². The van der Waals surface area contributed by atoms with Crippen molar-refractivity contribution < 1.29 is 14.7 Å². The molecule has 0 spiro atoms. The number of carboxylic acid groups (broad SMARTS) is 1. The summed E-state index contributed by atoms with van der Waals surface area (Å²) in [4.78, 5) is 26.7. The Morgan fingerprint density at radius 2 is 2.21 bits per heavy atom. The van der Waals surface area contributed by atoms with Crippen LogP contribution in [0.2, 0.25) is 0 Å². The molecule has 102 valence electrons. The minimum absolute atomic E-state index is 0.00443. The Balaban J connectivity index is 2.21. The Labute approximate surface area is 109 Å². The van der Waals surface area contributed by atoms with Gasteiger partial charge in [0.05, 0.1) is 0 Å². The summed E-state index contributed by atoms with van der Waals surface area (Å²) in [5.41, 5.74) is -0.00443. The lowest BCUT2D eigenvalue weighted by molar-refractivity contribution is -0.133. The van der Waals surface area contributed by atoms with Crippen molar-refractivity contribution in [3.8, 4) is 0 Å². The van der Waals surface area contributed by atoms with Crippen LogP contribution in [-0.4, -0.2) is 42.5 Å². The molecule has 1 aliphatic heterocycles. The van der Waals surface area contributed by atoms with E-state index in [0.29, 0.717) is 5.82 Å². The lowest BCUT2D eigenvalue weighted by atomic mass is 10.2. The number of rotatable bonds is 4. The summed E-state index contributed by atoms with van der Waals surface area (Å²) in [6, 6.07) is 0.111. The molecule has 0 aliphatic carbocycles. The molecule has 0 radical (unpaired) electrons. The Hall–Kier alpha value is -2.25. The van der Waals surface area contributed by atoms with Crippen LogP contribution in [0.4, 0.5) is 0 Å². The molecular weight excluding hydrogens is 250 g/mol. The van der Waals surface area contributed by atoms with Gasteiger partial charge in [-0.2, -0.15) is 10.2 Å². The maximum Gasteiger partial charge on any atom is 0.352 e. The predicted molar refractivity (Wildman–Crippen MR) is 65.3 cm³/mol. The molecule has 2 rings (SSSR count). The molecule has 8 heteroatoms. The van der Waals surface area contributed by atoms with Gasteiger partial charge in [-0.15, -0.1) is 0 Å². The number of carboxylic acids is 1. The minimum atomic E-state index is -1.09. The highest BCUT2D eigenvalue weighted by Gasteiger charge is 2.25. The summed E-state index contributed by atoms with van der Waals surface area (Å²) < 4.78 is 1.68. The van der Waals surface area contributed by atoms with Crippen LogP contribution in [0.25, 0.3) is 0 Å². The smallest absolute Gasteiger partial charge is 0.352 e. The third-order valence-corrected chi connectivity index (χ3v) is 2.78. The van der Waals surface area contributed by atoms with E-state index in [1.807, 2.05) is 13.8 Å². The van der Waals surface area contributed by atoms with E-state index >= 15 is 0 Å². The van der Waals surface area contributed by atoms with E-state index in [0.717, 1.165) is 5.01 Å². The highest BCUT2D eigenvalue weighted by atomic mass is 16.4. The van der Waals surface area contributed by atoms with E-state index in [1.165, 1.54) is 6.33 Å². The van der Waals surface area contributed by atoms with Crippen molar-refractivity contribution in [1.82, 2.24) is 19.8 Å². The van der Waals surface area contributed by atoms with Gasteiger partial charge in [0.15, 0.2) is 0 Å². The van der Waals surface area contributed by atoms with E-state index in [1.54, 1.807) is 4.68 Å². The SMILES string of the molecule is CC(C)n1ncnc1CN1N=C(C(=O)O)CCC1=O. The van der Waals surface area contributed by atoms with Crippen molar-refractivity contribution in [2.45, 2.75) is 39.3 Å². The highest BCUT2D eigenvalue weighted by molar-refractivity contribution is 6.36. The number of nitrogens with zero attached hydrogens (tertiary/aromatic N) is 5. The zero-order chi connectivity index (χ0) is 14.0. The number of carbonyl (C=O) groups is 2. The summed E-state index contributed by atoms with van der Waals surface area (Å²) in [5.74, 6) is -0.718. The zero-order valence-corrected chi connectivity index (χ0v) is 10.8. The Kier molecular flexibility index (Phi) is 3.59. The quantitative estimate of drug-likeness (QED) is 0.850. The van der Waals surface area contributed by atoms with Crippen LogP contribution in [0.5, 0.6) is 0 Å². The lowest BCUT2D eigenvalue weighted by Crippen LogP contribution is -2.34. The van der Waals surface area contributed by atoms with Gasteiger partial charge < -0.3 is 5.11 Å². The Bertz CT molecular complexity index is 534.